The summed E-state index contributed by atoms with van der Waals surface area (Å²) in [4.78, 5) is 28.4. The summed E-state index contributed by atoms with van der Waals surface area (Å²) < 4.78 is 12.2. The van der Waals surface area contributed by atoms with Crippen molar-refractivity contribution in [1.82, 2.24) is 10.2 Å². The van der Waals surface area contributed by atoms with E-state index >= 15 is 0 Å². The van der Waals surface area contributed by atoms with E-state index in [1.165, 1.54) is 28.0 Å². The van der Waals surface area contributed by atoms with Crippen molar-refractivity contribution >= 4 is 68.9 Å². The molecule has 0 bridgehead atoms. The Bertz CT molecular complexity index is 1690. The van der Waals surface area contributed by atoms with Crippen LogP contribution in [0, 0.1) is 0 Å². The van der Waals surface area contributed by atoms with Crippen LogP contribution in [-0.4, -0.2) is 40.2 Å². The molecule has 220 valence electrons. The van der Waals surface area contributed by atoms with Crippen LogP contribution in [0.4, 0.5) is 5.13 Å². The standard InChI is InChI=1S/C31H25Cl2N3O5S2/c1-3-15-41-23-14-9-20(16-24(23)40-4-2)26-25(27(37)19-7-12-22(33)13-8-19)28(38)29(39)36(26)30-34-35-31(43-30)42-17-18-5-10-21(32)11-6-18/h3,5-14,16,26,37H,1,4,15,17H2,2H3. The van der Waals surface area contributed by atoms with E-state index in [4.69, 9.17) is 32.7 Å². The van der Waals surface area contributed by atoms with Crippen molar-refractivity contribution in [1.29, 1.82) is 0 Å². The third-order valence-corrected chi connectivity index (χ3v) is 9.01. The van der Waals surface area contributed by atoms with Crippen LogP contribution in [0.15, 0.2) is 89.3 Å². The quantitative estimate of drug-likeness (QED) is 0.0438. The largest absolute Gasteiger partial charge is 0.507 e. The van der Waals surface area contributed by atoms with Crippen LogP contribution in [0.2, 0.25) is 10.0 Å². The fourth-order valence-electron chi connectivity index (χ4n) is 4.42. The highest BCUT2D eigenvalue weighted by Gasteiger charge is 2.48. The summed E-state index contributed by atoms with van der Waals surface area (Å²) in [5, 5.41) is 21.3. The number of nitrogens with zero attached hydrogens (tertiary/aromatic N) is 3. The second-order valence-electron chi connectivity index (χ2n) is 9.18. The second kappa shape index (κ2) is 13.6. The Hall–Kier alpha value is -3.83. The van der Waals surface area contributed by atoms with Gasteiger partial charge in [-0.15, -0.1) is 10.2 Å². The van der Waals surface area contributed by atoms with Crippen LogP contribution in [0.5, 0.6) is 11.5 Å². The Balaban J connectivity index is 1.57. The van der Waals surface area contributed by atoms with Crippen molar-refractivity contribution in [2.45, 2.75) is 23.1 Å². The monoisotopic (exact) mass is 653 g/mol. The van der Waals surface area contributed by atoms with Crippen molar-refractivity contribution in [2.75, 3.05) is 18.1 Å². The number of hydrogen-bond donors (Lipinski definition) is 1. The number of thioether (sulfide) groups is 1. The number of halogens is 2. The number of aliphatic hydroxyl groups is 1. The lowest BCUT2D eigenvalue weighted by Crippen LogP contribution is -2.29. The third kappa shape index (κ3) is 6.73. The summed E-state index contributed by atoms with van der Waals surface area (Å²) in [6.07, 6.45) is 1.61. The van der Waals surface area contributed by atoms with Gasteiger partial charge in [0.1, 0.15) is 12.4 Å². The molecule has 0 aliphatic carbocycles. The molecule has 2 heterocycles. The molecule has 12 heteroatoms. The molecule has 8 nitrogen and oxygen atoms in total. The first-order valence-electron chi connectivity index (χ1n) is 13.1. The Morgan fingerprint density at radius 2 is 1.72 bits per heavy atom. The number of Topliss-reactive ketones (excluding diaryl/α,β-unsaturated/α-hetero) is 1. The number of rotatable bonds is 11. The molecule has 1 amide bonds. The molecule has 1 aliphatic heterocycles. The number of amides is 1. The van der Waals surface area contributed by atoms with Gasteiger partial charge in [-0.3, -0.25) is 14.5 Å². The van der Waals surface area contributed by atoms with E-state index in [2.05, 4.69) is 16.8 Å². The zero-order valence-electron chi connectivity index (χ0n) is 22.8. The lowest BCUT2D eigenvalue weighted by atomic mass is 9.95. The number of anilines is 1. The zero-order chi connectivity index (χ0) is 30.5. The van der Waals surface area contributed by atoms with Gasteiger partial charge in [0.25, 0.3) is 5.78 Å². The molecular formula is C31H25Cl2N3O5S2. The molecule has 1 N–H and O–H groups in total. The molecule has 5 rings (SSSR count). The number of ketones is 1. The number of carbonyl (C=O) groups is 2. The Labute approximate surface area is 266 Å². The van der Waals surface area contributed by atoms with Crippen LogP contribution >= 0.6 is 46.3 Å². The number of benzene rings is 3. The highest BCUT2D eigenvalue weighted by Crippen LogP contribution is 2.45. The van der Waals surface area contributed by atoms with Crippen molar-refractivity contribution < 1.29 is 24.2 Å². The van der Waals surface area contributed by atoms with E-state index in [0.29, 0.717) is 49.4 Å². The Morgan fingerprint density at radius 1 is 1.02 bits per heavy atom. The van der Waals surface area contributed by atoms with Gasteiger partial charge in [0.15, 0.2) is 15.8 Å². The van der Waals surface area contributed by atoms with Crippen molar-refractivity contribution in [3.63, 3.8) is 0 Å². The lowest BCUT2D eigenvalue weighted by Gasteiger charge is -2.23. The van der Waals surface area contributed by atoms with Gasteiger partial charge in [-0.25, -0.2) is 0 Å². The summed E-state index contributed by atoms with van der Waals surface area (Å²) >= 11 is 14.7. The smallest absolute Gasteiger partial charge is 0.301 e. The van der Waals surface area contributed by atoms with E-state index in [1.54, 1.807) is 48.5 Å². The summed E-state index contributed by atoms with van der Waals surface area (Å²) in [7, 11) is 0. The number of hydrogen-bond acceptors (Lipinski definition) is 9. The van der Waals surface area contributed by atoms with Crippen LogP contribution < -0.4 is 14.4 Å². The number of carbonyl (C=O) groups excluding carboxylic acids is 2. The van der Waals surface area contributed by atoms with Gasteiger partial charge in [0.05, 0.1) is 18.2 Å². The summed E-state index contributed by atoms with van der Waals surface area (Å²) in [5.41, 5.74) is 1.78. The minimum atomic E-state index is -1.02. The molecule has 0 radical (unpaired) electrons. The van der Waals surface area contributed by atoms with E-state index in [9.17, 15) is 14.7 Å². The van der Waals surface area contributed by atoms with Gasteiger partial charge in [-0.2, -0.15) is 0 Å². The van der Waals surface area contributed by atoms with Gasteiger partial charge < -0.3 is 14.6 Å². The number of aromatic nitrogens is 2. The normalized spacial score (nSPS) is 16.0. The average molecular weight is 655 g/mol. The first-order valence-corrected chi connectivity index (χ1v) is 15.6. The molecule has 3 aromatic carbocycles. The fourth-order valence-corrected chi connectivity index (χ4v) is 6.50. The molecule has 0 saturated carbocycles. The molecule has 1 aliphatic rings. The molecule has 43 heavy (non-hydrogen) atoms. The van der Waals surface area contributed by atoms with Crippen LogP contribution in [0.3, 0.4) is 0 Å². The van der Waals surface area contributed by atoms with Gasteiger partial charge in [0.2, 0.25) is 5.13 Å². The van der Waals surface area contributed by atoms with Gasteiger partial charge in [-0.05, 0) is 66.6 Å². The average Bonchev–Trinajstić information content (AvgIpc) is 3.58. The first kappa shape index (κ1) is 30.6. The van der Waals surface area contributed by atoms with Crippen molar-refractivity contribution in [2.24, 2.45) is 0 Å². The minimum absolute atomic E-state index is 0.0971. The molecule has 4 aromatic rings. The maximum atomic E-state index is 13.6. The highest BCUT2D eigenvalue weighted by atomic mass is 35.5. The zero-order valence-corrected chi connectivity index (χ0v) is 26.0. The van der Waals surface area contributed by atoms with E-state index in [0.717, 1.165) is 5.56 Å². The van der Waals surface area contributed by atoms with Gasteiger partial charge >= 0.3 is 5.91 Å². The molecule has 1 aromatic heterocycles. The summed E-state index contributed by atoms with van der Waals surface area (Å²) in [6, 6.07) is 17.9. The highest BCUT2D eigenvalue weighted by molar-refractivity contribution is 8.00. The lowest BCUT2D eigenvalue weighted by molar-refractivity contribution is -0.132. The maximum absolute atomic E-state index is 13.6. The topological polar surface area (TPSA) is 102 Å². The predicted octanol–water partition coefficient (Wildman–Crippen LogP) is 7.73. The van der Waals surface area contributed by atoms with Crippen LogP contribution in [0.25, 0.3) is 5.76 Å². The summed E-state index contributed by atoms with van der Waals surface area (Å²) in [6.45, 7) is 6.13. The maximum Gasteiger partial charge on any atom is 0.301 e. The van der Waals surface area contributed by atoms with Crippen molar-refractivity contribution in [3.8, 4) is 11.5 Å². The molecule has 1 unspecified atom stereocenters. The van der Waals surface area contributed by atoms with Crippen LogP contribution in [-0.2, 0) is 15.3 Å². The predicted molar refractivity (Wildman–Crippen MR) is 170 cm³/mol. The molecular weight excluding hydrogens is 629 g/mol. The Morgan fingerprint density at radius 3 is 2.40 bits per heavy atom. The van der Waals surface area contributed by atoms with Crippen LogP contribution in [0.1, 0.15) is 29.7 Å². The van der Waals surface area contributed by atoms with E-state index in [1.807, 2.05) is 31.2 Å². The third-order valence-electron chi connectivity index (χ3n) is 6.38. The summed E-state index contributed by atoms with van der Waals surface area (Å²) in [5.74, 6) is -0.542. The van der Waals surface area contributed by atoms with E-state index < -0.39 is 17.7 Å². The Kier molecular flexibility index (Phi) is 9.72. The molecule has 1 fully saturated rings. The number of aliphatic hydroxyl groups excluding tert-OH is 1. The molecule has 1 saturated heterocycles. The SMILES string of the molecule is C=CCOc1ccc(C2C(=C(O)c3ccc(Cl)cc3)C(=O)C(=O)N2c2nnc(SCc3ccc(Cl)cc3)s2)cc1OCC. The van der Waals surface area contributed by atoms with E-state index in [-0.39, 0.29) is 23.1 Å². The molecule has 1 atom stereocenters. The second-order valence-corrected chi connectivity index (χ2v) is 12.2. The molecule has 0 spiro atoms. The van der Waals surface area contributed by atoms with Gasteiger partial charge in [0, 0.05) is 21.4 Å². The minimum Gasteiger partial charge on any atom is -0.507 e. The fraction of sp³-hybridized carbons (Fsp3) is 0.161. The van der Waals surface area contributed by atoms with Gasteiger partial charge in [-0.1, -0.05) is 77.2 Å². The number of ether oxygens (including phenoxy) is 2. The first-order chi connectivity index (χ1) is 20.8. The van der Waals surface area contributed by atoms with Crippen molar-refractivity contribution in [3.05, 3.63) is 112 Å².